The van der Waals surface area contributed by atoms with Crippen molar-refractivity contribution in [2.24, 2.45) is 0 Å². The fourth-order valence-corrected chi connectivity index (χ4v) is 3.26. The second kappa shape index (κ2) is 6.98. The van der Waals surface area contributed by atoms with Gasteiger partial charge in [0.2, 0.25) is 0 Å². The molecule has 0 radical (unpaired) electrons. The Morgan fingerprint density at radius 3 is 2.73 bits per heavy atom. The summed E-state index contributed by atoms with van der Waals surface area (Å²) in [4.78, 5) is 0. The quantitative estimate of drug-likeness (QED) is 0.755. The van der Waals surface area contributed by atoms with E-state index in [4.69, 9.17) is 10.00 Å². The molecule has 130 valence electrons. The molecule has 1 atom stereocenters. The SMILES string of the molecule is N#Cc1ccc(-c2nnc(NC3CCCOC3)c3ccccc23)c(O)c1. The molecular weight excluding hydrogens is 328 g/mol. The number of hydrogen-bond donors (Lipinski definition) is 2. The van der Waals surface area contributed by atoms with Crippen LogP contribution in [0.1, 0.15) is 18.4 Å². The molecule has 1 fully saturated rings. The van der Waals surface area contributed by atoms with Crippen molar-refractivity contribution in [2.75, 3.05) is 18.5 Å². The van der Waals surface area contributed by atoms with Gasteiger partial charge in [0.05, 0.1) is 24.3 Å². The highest BCUT2D eigenvalue weighted by atomic mass is 16.5. The molecule has 26 heavy (non-hydrogen) atoms. The van der Waals surface area contributed by atoms with Gasteiger partial charge in [-0.05, 0) is 31.0 Å². The van der Waals surface area contributed by atoms with E-state index in [1.165, 1.54) is 6.07 Å². The lowest BCUT2D eigenvalue weighted by atomic mass is 10.0. The van der Waals surface area contributed by atoms with Crippen LogP contribution in [0.5, 0.6) is 5.75 Å². The van der Waals surface area contributed by atoms with Crippen LogP contribution in [0.4, 0.5) is 5.82 Å². The Balaban J connectivity index is 1.78. The van der Waals surface area contributed by atoms with Crippen LogP contribution in [-0.2, 0) is 4.74 Å². The number of anilines is 1. The Morgan fingerprint density at radius 2 is 2.00 bits per heavy atom. The van der Waals surface area contributed by atoms with Crippen LogP contribution in [0.2, 0.25) is 0 Å². The number of aromatic hydroxyl groups is 1. The molecule has 1 aliphatic heterocycles. The molecule has 2 heterocycles. The minimum Gasteiger partial charge on any atom is -0.507 e. The molecule has 0 amide bonds. The predicted octanol–water partition coefficient (Wildman–Crippen LogP) is 3.46. The van der Waals surface area contributed by atoms with E-state index in [-0.39, 0.29) is 11.8 Å². The normalized spacial score (nSPS) is 17.0. The van der Waals surface area contributed by atoms with Gasteiger partial charge in [0.25, 0.3) is 0 Å². The summed E-state index contributed by atoms with van der Waals surface area (Å²) in [6, 6.07) is 14.9. The number of phenolic OH excluding ortho intramolecular Hbond substituents is 1. The van der Waals surface area contributed by atoms with Gasteiger partial charge in [-0.15, -0.1) is 10.2 Å². The molecule has 0 spiro atoms. The molecule has 2 N–H and O–H groups in total. The van der Waals surface area contributed by atoms with E-state index in [1.807, 2.05) is 30.3 Å². The molecule has 0 bridgehead atoms. The minimum atomic E-state index is 0.0184. The number of ether oxygens (including phenoxy) is 1. The third-order valence-corrected chi connectivity index (χ3v) is 4.57. The van der Waals surface area contributed by atoms with Crippen LogP contribution in [0.25, 0.3) is 22.0 Å². The number of hydrogen-bond acceptors (Lipinski definition) is 6. The van der Waals surface area contributed by atoms with Gasteiger partial charge >= 0.3 is 0 Å². The second-order valence-electron chi connectivity index (χ2n) is 6.34. The second-order valence-corrected chi connectivity index (χ2v) is 6.34. The monoisotopic (exact) mass is 346 g/mol. The molecule has 3 aromatic rings. The number of aromatic nitrogens is 2. The van der Waals surface area contributed by atoms with Gasteiger partial charge in [0.15, 0.2) is 5.82 Å². The van der Waals surface area contributed by atoms with E-state index in [0.717, 1.165) is 30.2 Å². The number of phenols is 1. The summed E-state index contributed by atoms with van der Waals surface area (Å²) in [5, 5.41) is 33.3. The third kappa shape index (κ3) is 3.05. The number of rotatable bonds is 3. The lowest BCUT2D eigenvalue weighted by molar-refractivity contribution is 0.0875. The smallest absolute Gasteiger partial charge is 0.156 e. The van der Waals surface area contributed by atoms with Crippen molar-refractivity contribution in [1.82, 2.24) is 10.2 Å². The van der Waals surface area contributed by atoms with Gasteiger partial charge in [0.1, 0.15) is 11.4 Å². The maximum Gasteiger partial charge on any atom is 0.156 e. The van der Waals surface area contributed by atoms with E-state index in [2.05, 4.69) is 15.5 Å². The fraction of sp³-hybridized carbons (Fsp3) is 0.250. The number of nitriles is 1. The van der Waals surface area contributed by atoms with Gasteiger partial charge in [-0.25, -0.2) is 0 Å². The Kier molecular flexibility index (Phi) is 4.38. The van der Waals surface area contributed by atoms with Gasteiger partial charge in [-0.2, -0.15) is 5.26 Å². The van der Waals surface area contributed by atoms with Crippen LogP contribution in [0, 0.1) is 11.3 Å². The topological polar surface area (TPSA) is 91.1 Å². The van der Waals surface area contributed by atoms with Crippen LogP contribution in [0.3, 0.4) is 0 Å². The molecule has 6 heteroatoms. The molecule has 2 aromatic carbocycles. The molecule has 1 aliphatic rings. The molecule has 6 nitrogen and oxygen atoms in total. The molecule has 0 aliphatic carbocycles. The van der Waals surface area contributed by atoms with Gasteiger partial charge in [0, 0.05) is 22.9 Å². The average molecular weight is 346 g/mol. The van der Waals surface area contributed by atoms with Gasteiger partial charge in [-0.3, -0.25) is 0 Å². The zero-order valence-corrected chi connectivity index (χ0v) is 14.1. The van der Waals surface area contributed by atoms with Crippen molar-refractivity contribution < 1.29 is 9.84 Å². The first-order valence-electron chi connectivity index (χ1n) is 8.59. The standard InChI is InChI=1S/C20H18N4O2/c21-11-13-7-8-17(18(25)10-13)19-15-5-1-2-6-16(15)20(24-23-19)22-14-4-3-9-26-12-14/h1-2,5-8,10,14,25H,3-4,9,12H2,(H,22,24). The summed E-state index contributed by atoms with van der Waals surface area (Å²) in [7, 11) is 0. The highest BCUT2D eigenvalue weighted by molar-refractivity contribution is 6.00. The predicted molar refractivity (Wildman–Crippen MR) is 98.8 cm³/mol. The molecule has 1 aromatic heterocycles. The van der Waals surface area contributed by atoms with Crippen LogP contribution in [-0.4, -0.2) is 34.6 Å². The number of fused-ring (bicyclic) bond motifs is 1. The Hall–Kier alpha value is -3.17. The maximum atomic E-state index is 10.3. The highest BCUT2D eigenvalue weighted by Gasteiger charge is 2.18. The van der Waals surface area contributed by atoms with Crippen molar-refractivity contribution >= 4 is 16.6 Å². The van der Waals surface area contributed by atoms with Crippen LogP contribution >= 0.6 is 0 Å². The molecule has 0 saturated carbocycles. The summed E-state index contributed by atoms with van der Waals surface area (Å²) < 4.78 is 5.53. The summed E-state index contributed by atoms with van der Waals surface area (Å²) >= 11 is 0. The maximum absolute atomic E-state index is 10.3. The largest absolute Gasteiger partial charge is 0.507 e. The lowest BCUT2D eigenvalue weighted by Gasteiger charge is -2.24. The van der Waals surface area contributed by atoms with E-state index >= 15 is 0 Å². The van der Waals surface area contributed by atoms with Crippen molar-refractivity contribution in [1.29, 1.82) is 5.26 Å². The van der Waals surface area contributed by atoms with Crippen molar-refractivity contribution in [3.8, 4) is 23.1 Å². The molecule has 1 saturated heterocycles. The van der Waals surface area contributed by atoms with E-state index in [9.17, 15) is 5.11 Å². The average Bonchev–Trinajstić information content (AvgIpc) is 2.69. The van der Waals surface area contributed by atoms with Crippen molar-refractivity contribution in [3.63, 3.8) is 0 Å². The first-order valence-corrected chi connectivity index (χ1v) is 8.59. The molecular formula is C20H18N4O2. The summed E-state index contributed by atoms with van der Waals surface area (Å²) in [6.07, 6.45) is 2.06. The number of nitrogens with one attached hydrogen (secondary N) is 1. The zero-order valence-electron chi connectivity index (χ0n) is 14.1. The summed E-state index contributed by atoms with van der Waals surface area (Å²) in [6.45, 7) is 1.47. The van der Waals surface area contributed by atoms with Gasteiger partial charge in [-0.1, -0.05) is 24.3 Å². The minimum absolute atomic E-state index is 0.0184. The first kappa shape index (κ1) is 16.3. The molecule has 1 unspecified atom stereocenters. The lowest BCUT2D eigenvalue weighted by Crippen LogP contribution is -2.30. The van der Waals surface area contributed by atoms with E-state index < -0.39 is 0 Å². The number of nitrogens with zero attached hydrogens (tertiary/aromatic N) is 3. The zero-order chi connectivity index (χ0) is 17.9. The summed E-state index contributed by atoms with van der Waals surface area (Å²) in [5.41, 5.74) is 1.55. The van der Waals surface area contributed by atoms with Crippen LogP contribution in [0.15, 0.2) is 42.5 Å². The number of benzene rings is 2. The fourth-order valence-electron chi connectivity index (χ4n) is 3.26. The first-order chi connectivity index (χ1) is 12.8. The third-order valence-electron chi connectivity index (χ3n) is 4.57. The Labute approximate surface area is 151 Å². The van der Waals surface area contributed by atoms with Crippen LogP contribution < -0.4 is 5.32 Å². The van der Waals surface area contributed by atoms with Crippen molar-refractivity contribution in [3.05, 3.63) is 48.0 Å². The Bertz CT molecular complexity index is 991. The summed E-state index contributed by atoms with van der Waals surface area (Å²) in [5.74, 6) is 0.734. The van der Waals surface area contributed by atoms with Gasteiger partial charge < -0.3 is 15.2 Å². The van der Waals surface area contributed by atoms with E-state index in [0.29, 0.717) is 29.2 Å². The molecule has 4 rings (SSSR count). The van der Waals surface area contributed by atoms with Crippen molar-refractivity contribution in [2.45, 2.75) is 18.9 Å². The highest BCUT2D eigenvalue weighted by Crippen LogP contribution is 2.35. The van der Waals surface area contributed by atoms with E-state index in [1.54, 1.807) is 12.1 Å². The Morgan fingerprint density at radius 1 is 1.15 bits per heavy atom.